The summed E-state index contributed by atoms with van der Waals surface area (Å²) >= 11 is 11.6. The van der Waals surface area contributed by atoms with Gasteiger partial charge in [0.1, 0.15) is 0 Å². The fourth-order valence-electron chi connectivity index (χ4n) is 1.29. The molecule has 0 saturated heterocycles. The Morgan fingerprint density at radius 2 is 1.89 bits per heavy atom. The van der Waals surface area contributed by atoms with E-state index in [-0.39, 0.29) is 22.4 Å². The monoisotopic (exact) mass is 288 g/mol. The number of halogens is 2. The summed E-state index contributed by atoms with van der Waals surface area (Å²) in [5, 5.41) is 0.679. The van der Waals surface area contributed by atoms with Crippen LogP contribution in [0.1, 0.15) is 30.6 Å². The van der Waals surface area contributed by atoms with Gasteiger partial charge in [-0.15, -0.1) is 0 Å². The molecule has 0 aromatic heterocycles. The van der Waals surface area contributed by atoms with Gasteiger partial charge >= 0.3 is 0 Å². The molecule has 0 radical (unpaired) electrons. The van der Waals surface area contributed by atoms with Crippen molar-refractivity contribution in [3.05, 3.63) is 33.8 Å². The molecule has 1 aromatic rings. The van der Waals surface area contributed by atoms with Crippen LogP contribution in [0.5, 0.6) is 0 Å². The highest BCUT2D eigenvalue weighted by atomic mass is 35.5. The molecule has 18 heavy (non-hydrogen) atoms. The maximum absolute atomic E-state index is 11.7. The summed E-state index contributed by atoms with van der Waals surface area (Å²) in [5.74, 6) is -0.502. The molecule has 0 spiro atoms. The Labute approximate surface area is 116 Å². The predicted molar refractivity (Wildman–Crippen MR) is 71.5 cm³/mol. The molecule has 0 bridgehead atoms. The number of amides is 2. The van der Waals surface area contributed by atoms with E-state index < -0.39 is 5.91 Å². The van der Waals surface area contributed by atoms with Crippen LogP contribution in [-0.4, -0.2) is 11.8 Å². The summed E-state index contributed by atoms with van der Waals surface area (Å²) in [6.45, 7) is 3.83. The Morgan fingerprint density at radius 1 is 1.22 bits per heavy atom. The van der Waals surface area contributed by atoms with Crippen LogP contribution in [0.3, 0.4) is 0 Å². The number of benzene rings is 1. The molecule has 0 aliphatic heterocycles. The van der Waals surface area contributed by atoms with Gasteiger partial charge in [0.05, 0.1) is 10.6 Å². The van der Waals surface area contributed by atoms with E-state index in [1.165, 1.54) is 12.1 Å². The average molecular weight is 289 g/mol. The third-order valence-electron chi connectivity index (χ3n) is 2.08. The molecule has 4 nitrogen and oxygen atoms in total. The van der Waals surface area contributed by atoms with Crippen molar-refractivity contribution in [2.75, 3.05) is 0 Å². The van der Waals surface area contributed by atoms with Crippen LogP contribution in [-0.2, 0) is 4.79 Å². The molecule has 98 valence electrons. The molecule has 2 amide bonds. The quantitative estimate of drug-likeness (QED) is 0.841. The fourth-order valence-corrected chi connectivity index (χ4v) is 1.78. The maximum Gasteiger partial charge on any atom is 0.271 e. The Bertz CT molecular complexity index is 461. The molecular formula is C12H14Cl2N2O2. The third-order valence-corrected chi connectivity index (χ3v) is 2.63. The number of hydrazine groups is 1. The van der Waals surface area contributed by atoms with Gasteiger partial charge in [0.25, 0.3) is 5.91 Å². The van der Waals surface area contributed by atoms with Crippen LogP contribution in [0.25, 0.3) is 0 Å². The van der Waals surface area contributed by atoms with E-state index in [0.717, 1.165) is 0 Å². The second-order valence-corrected chi connectivity index (χ2v) is 5.07. The first kappa shape index (κ1) is 14.8. The second kappa shape index (κ2) is 6.61. The zero-order valence-electron chi connectivity index (χ0n) is 10.1. The van der Waals surface area contributed by atoms with Gasteiger partial charge < -0.3 is 0 Å². The second-order valence-electron chi connectivity index (χ2n) is 4.22. The van der Waals surface area contributed by atoms with E-state index in [9.17, 15) is 9.59 Å². The summed E-state index contributed by atoms with van der Waals surface area (Å²) < 4.78 is 0. The van der Waals surface area contributed by atoms with E-state index in [2.05, 4.69) is 10.9 Å². The van der Waals surface area contributed by atoms with E-state index in [1.54, 1.807) is 6.07 Å². The molecule has 2 N–H and O–H groups in total. The Kier molecular flexibility index (Phi) is 5.44. The minimum atomic E-state index is -0.478. The lowest BCUT2D eigenvalue weighted by Gasteiger charge is -2.09. The molecule has 1 rings (SSSR count). The van der Waals surface area contributed by atoms with Gasteiger partial charge in [0, 0.05) is 11.4 Å². The number of carbonyl (C=O) groups excluding carboxylic acids is 2. The summed E-state index contributed by atoms with van der Waals surface area (Å²) in [4.78, 5) is 23.1. The zero-order chi connectivity index (χ0) is 13.7. The minimum Gasteiger partial charge on any atom is -0.273 e. The summed E-state index contributed by atoms with van der Waals surface area (Å²) in [6, 6.07) is 4.51. The largest absolute Gasteiger partial charge is 0.273 e. The number of rotatable bonds is 3. The maximum atomic E-state index is 11.7. The Hall–Kier alpha value is -1.26. The number of hydrogen-bond donors (Lipinski definition) is 2. The number of carbonyl (C=O) groups is 2. The van der Waals surface area contributed by atoms with E-state index >= 15 is 0 Å². The van der Waals surface area contributed by atoms with E-state index in [0.29, 0.717) is 11.4 Å². The van der Waals surface area contributed by atoms with Crippen molar-refractivity contribution >= 4 is 35.0 Å². The van der Waals surface area contributed by atoms with E-state index in [1.807, 2.05) is 13.8 Å². The first-order valence-electron chi connectivity index (χ1n) is 5.44. The van der Waals surface area contributed by atoms with Gasteiger partial charge in [0.2, 0.25) is 5.91 Å². The van der Waals surface area contributed by atoms with Gasteiger partial charge in [-0.2, -0.15) is 0 Å². The van der Waals surface area contributed by atoms with Crippen LogP contribution in [0.4, 0.5) is 0 Å². The summed E-state index contributed by atoms with van der Waals surface area (Å²) in [7, 11) is 0. The average Bonchev–Trinajstić information content (AvgIpc) is 2.25. The van der Waals surface area contributed by atoms with Crippen LogP contribution >= 0.6 is 23.2 Å². The third kappa shape index (κ3) is 4.55. The topological polar surface area (TPSA) is 58.2 Å². The molecule has 0 saturated carbocycles. The molecule has 0 heterocycles. The number of nitrogens with one attached hydrogen (secondary N) is 2. The van der Waals surface area contributed by atoms with Crippen molar-refractivity contribution in [3.63, 3.8) is 0 Å². The summed E-state index contributed by atoms with van der Waals surface area (Å²) in [6.07, 6.45) is 0.342. The van der Waals surface area contributed by atoms with Gasteiger partial charge in [-0.25, -0.2) is 0 Å². The van der Waals surface area contributed by atoms with Crippen LogP contribution < -0.4 is 10.9 Å². The molecule has 0 aliphatic rings. The lowest BCUT2D eigenvalue weighted by Crippen LogP contribution is -2.42. The van der Waals surface area contributed by atoms with Gasteiger partial charge in [-0.05, 0) is 24.1 Å². The van der Waals surface area contributed by atoms with Crippen LogP contribution in [0.15, 0.2) is 18.2 Å². The smallest absolute Gasteiger partial charge is 0.271 e. The first-order valence-corrected chi connectivity index (χ1v) is 6.20. The van der Waals surface area contributed by atoms with Crippen molar-refractivity contribution in [1.82, 2.24) is 10.9 Å². The molecule has 6 heteroatoms. The normalized spacial score (nSPS) is 10.3. The van der Waals surface area contributed by atoms with Crippen molar-refractivity contribution < 1.29 is 9.59 Å². The van der Waals surface area contributed by atoms with Crippen molar-refractivity contribution in [1.29, 1.82) is 0 Å². The standard InChI is InChI=1S/C12H14Cl2N2O2/c1-7(2)5-11(17)15-16-12(18)9-4-3-8(13)6-10(9)14/h3-4,6-7H,5H2,1-2H3,(H,15,17)(H,16,18). The predicted octanol–water partition coefficient (Wildman–Crippen LogP) is 2.80. The minimum absolute atomic E-state index is 0.223. The van der Waals surface area contributed by atoms with Crippen molar-refractivity contribution in [3.8, 4) is 0 Å². The highest BCUT2D eigenvalue weighted by molar-refractivity contribution is 6.36. The molecule has 0 unspecified atom stereocenters. The van der Waals surface area contributed by atoms with Crippen LogP contribution in [0, 0.1) is 5.92 Å². The van der Waals surface area contributed by atoms with Gasteiger partial charge in [-0.3, -0.25) is 20.4 Å². The zero-order valence-corrected chi connectivity index (χ0v) is 11.6. The van der Waals surface area contributed by atoms with Crippen molar-refractivity contribution in [2.24, 2.45) is 5.92 Å². The van der Waals surface area contributed by atoms with Gasteiger partial charge in [-0.1, -0.05) is 37.0 Å². The molecule has 0 aliphatic carbocycles. The van der Waals surface area contributed by atoms with Crippen molar-refractivity contribution in [2.45, 2.75) is 20.3 Å². The molecule has 1 aromatic carbocycles. The fraction of sp³-hybridized carbons (Fsp3) is 0.333. The summed E-state index contributed by atoms with van der Waals surface area (Å²) in [5.41, 5.74) is 4.88. The Balaban J connectivity index is 2.58. The Morgan fingerprint density at radius 3 is 2.44 bits per heavy atom. The number of hydrogen-bond acceptors (Lipinski definition) is 2. The lowest BCUT2D eigenvalue weighted by molar-refractivity contribution is -0.122. The van der Waals surface area contributed by atoms with Gasteiger partial charge in [0.15, 0.2) is 0 Å². The highest BCUT2D eigenvalue weighted by Crippen LogP contribution is 2.20. The molecular weight excluding hydrogens is 275 g/mol. The molecule has 0 atom stereocenters. The van der Waals surface area contributed by atoms with E-state index in [4.69, 9.17) is 23.2 Å². The highest BCUT2D eigenvalue weighted by Gasteiger charge is 2.12. The SMILES string of the molecule is CC(C)CC(=O)NNC(=O)c1ccc(Cl)cc1Cl. The van der Waals surface area contributed by atoms with Crippen LogP contribution in [0.2, 0.25) is 10.0 Å². The molecule has 0 fully saturated rings. The first-order chi connectivity index (χ1) is 8.40. The lowest BCUT2D eigenvalue weighted by atomic mass is 10.1.